The first kappa shape index (κ1) is 13.1. The van der Waals surface area contributed by atoms with Crippen molar-refractivity contribution in [3.05, 3.63) is 48.0 Å². The van der Waals surface area contributed by atoms with Gasteiger partial charge in [0.05, 0.1) is 14.2 Å². The summed E-state index contributed by atoms with van der Waals surface area (Å²) in [6.45, 7) is 0.732. The first-order valence-electron chi connectivity index (χ1n) is 6.03. The summed E-state index contributed by atoms with van der Waals surface area (Å²) < 4.78 is 10.5. The summed E-state index contributed by atoms with van der Waals surface area (Å²) in [5.74, 6) is 1.44. The van der Waals surface area contributed by atoms with Crippen LogP contribution in [0, 0.1) is 0 Å². The van der Waals surface area contributed by atoms with E-state index in [0.717, 1.165) is 23.7 Å². The molecular formula is C15H18N2O2. The lowest BCUT2D eigenvalue weighted by atomic mass is 10.2. The fourth-order valence-corrected chi connectivity index (χ4v) is 1.79. The van der Waals surface area contributed by atoms with Gasteiger partial charge in [0, 0.05) is 24.0 Å². The van der Waals surface area contributed by atoms with Gasteiger partial charge in [-0.25, -0.2) is 0 Å². The van der Waals surface area contributed by atoms with Gasteiger partial charge in [0.15, 0.2) is 11.5 Å². The molecule has 0 aliphatic rings. The smallest absolute Gasteiger partial charge is 0.162 e. The normalized spacial score (nSPS) is 10.0. The van der Waals surface area contributed by atoms with Crippen molar-refractivity contribution in [3.8, 4) is 11.5 Å². The molecule has 0 amide bonds. The molecular weight excluding hydrogens is 240 g/mol. The summed E-state index contributed by atoms with van der Waals surface area (Å²) in [6.07, 6.45) is 0. The van der Waals surface area contributed by atoms with Crippen LogP contribution in [0.3, 0.4) is 0 Å². The zero-order chi connectivity index (χ0) is 13.7. The van der Waals surface area contributed by atoms with Crippen LogP contribution in [-0.4, -0.2) is 14.2 Å². The van der Waals surface area contributed by atoms with Gasteiger partial charge in [0.25, 0.3) is 0 Å². The molecule has 0 spiro atoms. The van der Waals surface area contributed by atoms with Crippen molar-refractivity contribution in [1.82, 2.24) is 0 Å². The molecule has 0 aromatic heterocycles. The van der Waals surface area contributed by atoms with Crippen LogP contribution >= 0.6 is 0 Å². The van der Waals surface area contributed by atoms with Crippen LogP contribution in [0.25, 0.3) is 0 Å². The number of nitrogen functional groups attached to an aromatic ring is 1. The molecule has 0 atom stereocenters. The minimum Gasteiger partial charge on any atom is -0.493 e. The molecule has 2 aromatic rings. The lowest BCUT2D eigenvalue weighted by Crippen LogP contribution is -2.00. The molecule has 100 valence electrons. The molecule has 4 nitrogen and oxygen atoms in total. The number of ether oxygens (including phenoxy) is 2. The van der Waals surface area contributed by atoms with Crippen LogP contribution in [0.2, 0.25) is 0 Å². The van der Waals surface area contributed by atoms with Crippen molar-refractivity contribution in [3.63, 3.8) is 0 Å². The van der Waals surface area contributed by atoms with Crippen LogP contribution in [0.4, 0.5) is 11.4 Å². The second kappa shape index (κ2) is 6.00. The third kappa shape index (κ3) is 3.31. The van der Waals surface area contributed by atoms with E-state index >= 15 is 0 Å². The molecule has 4 heteroatoms. The summed E-state index contributed by atoms with van der Waals surface area (Å²) in [6, 6.07) is 13.5. The average molecular weight is 258 g/mol. The quantitative estimate of drug-likeness (QED) is 0.810. The highest BCUT2D eigenvalue weighted by Crippen LogP contribution is 2.29. The molecule has 0 aliphatic carbocycles. The number of hydrogen-bond donors (Lipinski definition) is 2. The van der Waals surface area contributed by atoms with Crippen molar-refractivity contribution in [2.75, 3.05) is 25.3 Å². The van der Waals surface area contributed by atoms with Gasteiger partial charge in [-0.2, -0.15) is 0 Å². The zero-order valence-electron chi connectivity index (χ0n) is 11.1. The Morgan fingerprint density at radius 3 is 2.26 bits per heavy atom. The van der Waals surface area contributed by atoms with Crippen LogP contribution < -0.4 is 20.5 Å². The van der Waals surface area contributed by atoms with E-state index in [9.17, 15) is 0 Å². The zero-order valence-corrected chi connectivity index (χ0v) is 11.1. The molecule has 19 heavy (non-hydrogen) atoms. The number of rotatable bonds is 5. The number of nitrogens with one attached hydrogen (secondary N) is 1. The third-order valence-corrected chi connectivity index (χ3v) is 2.86. The SMILES string of the molecule is COc1ccc(NCc2ccc(N)cc2)cc1OC. The molecule has 0 bridgehead atoms. The lowest BCUT2D eigenvalue weighted by molar-refractivity contribution is 0.355. The fraction of sp³-hybridized carbons (Fsp3) is 0.200. The van der Waals surface area contributed by atoms with Crippen LogP contribution in [0.5, 0.6) is 11.5 Å². The highest BCUT2D eigenvalue weighted by Gasteiger charge is 2.04. The van der Waals surface area contributed by atoms with Crippen molar-refractivity contribution < 1.29 is 9.47 Å². The molecule has 0 aliphatic heterocycles. The Bertz CT molecular complexity index is 538. The van der Waals surface area contributed by atoms with Gasteiger partial charge in [-0.15, -0.1) is 0 Å². The molecule has 3 N–H and O–H groups in total. The van der Waals surface area contributed by atoms with Crippen LogP contribution in [0.15, 0.2) is 42.5 Å². The Morgan fingerprint density at radius 1 is 0.947 bits per heavy atom. The maximum absolute atomic E-state index is 5.65. The Kier molecular flexibility index (Phi) is 4.13. The fourth-order valence-electron chi connectivity index (χ4n) is 1.79. The van der Waals surface area contributed by atoms with Crippen LogP contribution in [-0.2, 0) is 6.54 Å². The van der Waals surface area contributed by atoms with E-state index in [4.69, 9.17) is 15.2 Å². The van der Waals surface area contributed by atoms with E-state index in [2.05, 4.69) is 5.32 Å². The van der Waals surface area contributed by atoms with Gasteiger partial charge in [0.1, 0.15) is 0 Å². The van der Waals surface area contributed by atoms with Crippen molar-refractivity contribution in [1.29, 1.82) is 0 Å². The Hall–Kier alpha value is -2.36. The highest BCUT2D eigenvalue weighted by atomic mass is 16.5. The standard InChI is InChI=1S/C15H18N2O2/c1-18-14-8-7-13(9-15(14)19-2)17-10-11-3-5-12(16)6-4-11/h3-9,17H,10,16H2,1-2H3. The van der Waals surface area contributed by atoms with Crippen molar-refractivity contribution >= 4 is 11.4 Å². The summed E-state index contributed by atoms with van der Waals surface area (Å²) in [7, 11) is 3.25. The van der Waals surface area contributed by atoms with E-state index in [1.165, 1.54) is 5.56 Å². The van der Waals surface area contributed by atoms with Gasteiger partial charge < -0.3 is 20.5 Å². The Balaban J connectivity index is 2.05. The predicted octanol–water partition coefficient (Wildman–Crippen LogP) is 2.90. The van der Waals surface area contributed by atoms with Gasteiger partial charge in [0.2, 0.25) is 0 Å². The summed E-state index contributed by atoms with van der Waals surface area (Å²) in [4.78, 5) is 0. The Morgan fingerprint density at radius 2 is 1.63 bits per heavy atom. The Labute approximate surface area is 113 Å². The van der Waals surface area contributed by atoms with Gasteiger partial charge in [-0.3, -0.25) is 0 Å². The van der Waals surface area contributed by atoms with Crippen molar-refractivity contribution in [2.45, 2.75) is 6.54 Å². The lowest BCUT2D eigenvalue weighted by Gasteiger charge is -2.11. The monoisotopic (exact) mass is 258 g/mol. The van der Waals surface area contributed by atoms with E-state index in [-0.39, 0.29) is 0 Å². The molecule has 0 saturated carbocycles. The highest BCUT2D eigenvalue weighted by molar-refractivity contribution is 5.55. The summed E-state index contributed by atoms with van der Waals surface area (Å²) >= 11 is 0. The van der Waals surface area contributed by atoms with Crippen LogP contribution in [0.1, 0.15) is 5.56 Å². The number of anilines is 2. The van der Waals surface area contributed by atoms with E-state index in [1.54, 1.807) is 14.2 Å². The van der Waals surface area contributed by atoms with Crippen molar-refractivity contribution in [2.24, 2.45) is 0 Å². The van der Waals surface area contributed by atoms with Gasteiger partial charge >= 0.3 is 0 Å². The molecule has 0 unspecified atom stereocenters. The largest absolute Gasteiger partial charge is 0.493 e. The average Bonchev–Trinajstić information content (AvgIpc) is 2.46. The maximum atomic E-state index is 5.65. The molecule has 0 radical (unpaired) electrons. The second-order valence-electron chi connectivity index (χ2n) is 4.16. The molecule has 0 fully saturated rings. The predicted molar refractivity (Wildman–Crippen MR) is 77.7 cm³/mol. The first-order chi connectivity index (χ1) is 9.22. The minimum absolute atomic E-state index is 0.713. The maximum Gasteiger partial charge on any atom is 0.162 e. The second-order valence-corrected chi connectivity index (χ2v) is 4.16. The minimum atomic E-state index is 0.713. The first-order valence-corrected chi connectivity index (χ1v) is 6.03. The number of nitrogens with two attached hydrogens (primary N) is 1. The molecule has 2 rings (SSSR count). The topological polar surface area (TPSA) is 56.5 Å². The summed E-state index contributed by atoms with van der Waals surface area (Å²) in [5, 5.41) is 3.33. The number of hydrogen-bond acceptors (Lipinski definition) is 4. The van der Waals surface area contributed by atoms with Gasteiger partial charge in [-0.05, 0) is 29.8 Å². The molecule has 0 heterocycles. The number of benzene rings is 2. The van der Waals surface area contributed by atoms with E-state index in [0.29, 0.717) is 5.75 Å². The third-order valence-electron chi connectivity index (χ3n) is 2.86. The van der Waals surface area contributed by atoms with E-state index in [1.807, 2.05) is 42.5 Å². The number of methoxy groups -OCH3 is 2. The summed E-state index contributed by atoms with van der Waals surface area (Å²) in [5.41, 5.74) is 8.58. The van der Waals surface area contributed by atoms with Gasteiger partial charge in [-0.1, -0.05) is 12.1 Å². The molecule has 0 saturated heterocycles. The molecule has 2 aromatic carbocycles. The van der Waals surface area contributed by atoms with E-state index < -0.39 is 0 Å².